The molecule has 0 aliphatic heterocycles. The average molecular weight is 375 g/mol. The van der Waals surface area contributed by atoms with Crippen molar-refractivity contribution in [1.29, 1.82) is 0 Å². The molecule has 0 spiro atoms. The van der Waals surface area contributed by atoms with Gasteiger partial charge in [0.1, 0.15) is 0 Å². The molecular weight excluding hydrogens is 362 g/mol. The van der Waals surface area contributed by atoms with Gasteiger partial charge in [0.2, 0.25) is 0 Å². The number of thiophene rings is 1. The van der Waals surface area contributed by atoms with E-state index in [1.807, 2.05) is 0 Å². The molecule has 0 fully saturated rings. The van der Waals surface area contributed by atoms with E-state index in [1.165, 1.54) is 10.4 Å². The molecule has 0 amide bonds. The Bertz CT molecular complexity index is 478. The van der Waals surface area contributed by atoms with Crippen molar-refractivity contribution in [2.45, 2.75) is 19.5 Å². The number of halogens is 2. The van der Waals surface area contributed by atoms with Gasteiger partial charge >= 0.3 is 0 Å². The van der Waals surface area contributed by atoms with Crippen molar-refractivity contribution in [3.05, 3.63) is 55.1 Å². The first-order chi connectivity index (χ1) is 8.15. The van der Waals surface area contributed by atoms with Gasteiger partial charge in [-0.1, -0.05) is 28.1 Å². The molecule has 0 aliphatic rings. The minimum Gasteiger partial charge on any atom is -0.305 e. The van der Waals surface area contributed by atoms with Crippen LogP contribution in [0.25, 0.3) is 0 Å². The van der Waals surface area contributed by atoms with Crippen molar-refractivity contribution < 1.29 is 0 Å². The lowest BCUT2D eigenvalue weighted by molar-refractivity contribution is 0.579. The SMILES string of the molecule is CC(NCc1cc(Br)cs1)c1ccc(Br)cc1. The van der Waals surface area contributed by atoms with E-state index >= 15 is 0 Å². The second-order valence-corrected chi connectivity index (χ2v) is 6.71. The second-order valence-electron chi connectivity index (χ2n) is 3.89. The van der Waals surface area contributed by atoms with Crippen molar-refractivity contribution in [2.75, 3.05) is 0 Å². The van der Waals surface area contributed by atoms with Gasteiger partial charge in [0.15, 0.2) is 0 Å². The van der Waals surface area contributed by atoms with Crippen molar-refractivity contribution >= 4 is 43.2 Å². The first-order valence-electron chi connectivity index (χ1n) is 5.37. The van der Waals surface area contributed by atoms with E-state index in [4.69, 9.17) is 0 Å². The van der Waals surface area contributed by atoms with E-state index in [-0.39, 0.29) is 0 Å². The maximum absolute atomic E-state index is 3.52. The molecule has 0 saturated carbocycles. The Morgan fingerprint density at radius 2 is 1.88 bits per heavy atom. The van der Waals surface area contributed by atoms with Gasteiger partial charge in [-0.15, -0.1) is 11.3 Å². The molecule has 2 aromatic rings. The van der Waals surface area contributed by atoms with Crippen LogP contribution in [0.2, 0.25) is 0 Å². The zero-order valence-corrected chi connectivity index (χ0v) is 13.4. The van der Waals surface area contributed by atoms with Crippen LogP contribution in [0, 0.1) is 0 Å². The zero-order valence-electron chi connectivity index (χ0n) is 9.41. The molecule has 1 nitrogen and oxygen atoms in total. The van der Waals surface area contributed by atoms with E-state index < -0.39 is 0 Å². The van der Waals surface area contributed by atoms with Crippen molar-refractivity contribution in [3.8, 4) is 0 Å². The largest absolute Gasteiger partial charge is 0.305 e. The standard InChI is InChI=1S/C13H13Br2NS/c1-9(10-2-4-11(14)5-3-10)16-7-13-6-12(15)8-17-13/h2-6,8-9,16H,7H2,1H3. The molecule has 90 valence electrons. The lowest BCUT2D eigenvalue weighted by Crippen LogP contribution is -2.17. The molecule has 0 saturated heterocycles. The molecule has 2 rings (SSSR count). The predicted octanol–water partition coefficient (Wildman–Crippen LogP) is 5.12. The molecule has 0 bridgehead atoms. The van der Waals surface area contributed by atoms with Gasteiger partial charge in [-0.3, -0.25) is 0 Å². The minimum atomic E-state index is 0.365. The summed E-state index contributed by atoms with van der Waals surface area (Å²) < 4.78 is 2.28. The first-order valence-corrected chi connectivity index (χ1v) is 7.83. The van der Waals surface area contributed by atoms with Gasteiger partial charge in [-0.25, -0.2) is 0 Å². The fourth-order valence-corrected chi connectivity index (χ4v) is 3.24. The Labute approximate surface area is 123 Å². The van der Waals surface area contributed by atoms with Crippen LogP contribution in [0.5, 0.6) is 0 Å². The zero-order chi connectivity index (χ0) is 12.3. The fraction of sp³-hybridized carbons (Fsp3) is 0.231. The van der Waals surface area contributed by atoms with E-state index in [9.17, 15) is 0 Å². The van der Waals surface area contributed by atoms with Crippen molar-refractivity contribution in [1.82, 2.24) is 5.32 Å². The Balaban J connectivity index is 1.93. The average Bonchev–Trinajstić information content (AvgIpc) is 2.73. The molecule has 1 aromatic carbocycles. The normalized spacial score (nSPS) is 12.6. The smallest absolute Gasteiger partial charge is 0.0305 e. The number of hydrogen-bond donors (Lipinski definition) is 1. The second kappa shape index (κ2) is 6.14. The summed E-state index contributed by atoms with van der Waals surface area (Å²) in [6.45, 7) is 3.10. The monoisotopic (exact) mass is 373 g/mol. The minimum absolute atomic E-state index is 0.365. The van der Waals surface area contributed by atoms with Crippen molar-refractivity contribution in [3.63, 3.8) is 0 Å². The van der Waals surface area contributed by atoms with Crippen LogP contribution in [0.15, 0.2) is 44.7 Å². The highest BCUT2D eigenvalue weighted by molar-refractivity contribution is 9.10. The quantitative estimate of drug-likeness (QED) is 0.782. The third-order valence-electron chi connectivity index (χ3n) is 2.57. The van der Waals surface area contributed by atoms with Crippen LogP contribution >= 0.6 is 43.2 Å². The molecule has 0 aliphatic carbocycles. The van der Waals surface area contributed by atoms with E-state index in [0.29, 0.717) is 6.04 Å². The topological polar surface area (TPSA) is 12.0 Å². The summed E-state index contributed by atoms with van der Waals surface area (Å²) in [6.07, 6.45) is 0. The van der Waals surface area contributed by atoms with E-state index in [1.54, 1.807) is 11.3 Å². The molecule has 4 heteroatoms. The lowest BCUT2D eigenvalue weighted by Gasteiger charge is -2.13. The predicted molar refractivity (Wildman–Crippen MR) is 81.4 cm³/mol. The maximum Gasteiger partial charge on any atom is 0.0305 e. The Morgan fingerprint density at radius 3 is 2.47 bits per heavy atom. The van der Waals surface area contributed by atoms with Crippen LogP contribution in [0.1, 0.15) is 23.4 Å². The summed E-state index contributed by atoms with van der Waals surface area (Å²) in [7, 11) is 0. The highest BCUT2D eigenvalue weighted by Crippen LogP contribution is 2.21. The number of hydrogen-bond acceptors (Lipinski definition) is 2. The Kier molecular flexibility index (Phi) is 4.79. The van der Waals surface area contributed by atoms with Crippen LogP contribution in [-0.2, 0) is 6.54 Å². The van der Waals surface area contributed by atoms with Gasteiger partial charge in [-0.2, -0.15) is 0 Å². The molecule has 1 N–H and O–H groups in total. The maximum atomic E-state index is 3.52. The molecule has 0 radical (unpaired) electrons. The Hall–Kier alpha value is -0.160. The highest BCUT2D eigenvalue weighted by Gasteiger charge is 2.05. The van der Waals surface area contributed by atoms with Crippen molar-refractivity contribution in [2.24, 2.45) is 0 Å². The van der Waals surface area contributed by atoms with Crippen LogP contribution in [-0.4, -0.2) is 0 Å². The summed E-state index contributed by atoms with van der Waals surface area (Å²) in [5.74, 6) is 0. The highest BCUT2D eigenvalue weighted by atomic mass is 79.9. The summed E-state index contributed by atoms with van der Waals surface area (Å²) in [6, 6.07) is 11.0. The third kappa shape index (κ3) is 3.91. The van der Waals surface area contributed by atoms with Crippen LogP contribution in [0.3, 0.4) is 0 Å². The van der Waals surface area contributed by atoms with Gasteiger partial charge < -0.3 is 5.32 Å². The lowest BCUT2D eigenvalue weighted by atomic mass is 10.1. The number of nitrogens with one attached hydrogen (secondary N) is 1. The Morgan fingerprint density at radius 1 is 1.18 bits per heavy atom. The summed E-state index contributed by atoms with van der Waals surface area (Å²) in [5.41, 5.74) is 1.31. The van der Waals surface area contributed by atoms with Crippen LogP contribution < -0.4 is 5.32 Å². The summed E-state index contributed by atoms with van der Waals surface area (Å²) >= 11 is 8.69. The summed E-state index contributed by atoms with van der Waals surface area (Å²) in [5, 5.41) is 5.63. The van der Waals surface area contributed by atoms with Gasteiger partial charge in [-0.05, 0) is 46.6 Å². The van der Waals surface area contributed by atoms with Gasteiger partial charge in [0.25, 0.3) is 0 Å². The third-order valence-corrected chi connectivity index (χ3v) is 4.80. The number of benzene rings is 1. The van der Waals surface area contributed by atoms with E-state index in [0.717, 1.165) is 15.5 Å². The number of rotatable bonds is 4. The van der Waals surface area contributed by atoms with Gasteiger partial charge in [0.05, 0.1) is 0 Å². The molecule has 1 atom stereocenters. The van der Waals surface area contributed by atoms with E-state index in [2.05, 4.69) is 79.8 Å². The van der Waals surface area contributed by atoms with Crippen LogP contribution in [0.4, 0.5) is 0 Å². The molecule has 1 unspecified atom stereocenters. The first kappa shape index (κ1) is 13.3. The fourth-order valence-electron chi connectivity index (χ4n) is 1.57. The van der Waals surface area contributed by atoms with Gasteiger partial charge in [0, 0.05) is 31.8 Å². The molecule has 1 heterocycles. The molecular formula is C13H13Br2NS. The molecule has 1 aromatic heterocycles. The summed E-state index contributed by atoms with van der Waals surface area (Å²) in [4.78, 5) is 1.35. The molecule has 17 heavy (non-hydrogen) atoms.